The minimum absolute atomic E-state index is 0.128. The average Bonchev–Trinajstić information content (AvgIpc) is 3.25. The molecule has 0 fully saturated rings. The highest BCUT2D eigenvalue weighted by Crippen LogP contribution is 2.33. The maximum atomic E-state index is 13.3. The molecule has 2 aromatic heterocycles. The van der Waals surface area contributed by atoms with Crippen molar-refractivity contribution in [2.45, 2.75) is 12.8 Å². The van der Waals surface area contributed by atoms with E-state index in [4.69, 9.17) is 0 Å². The van der Waals surface area contributed by atoms with Crippen molar-refractivity contribution in [1.29, 1.82) is 0 Å². The summed E-state index contributed by atoms with van der Waals surface area (Å²) in [5.74, 6) is -0.616. The van der Waals surface area contributed by atoms with Gasteiger partial charge in [-0.1, -0.05) is 18.3 Å². The van der Waals surface area contributed by atoms with E-state index < -0.39 is 0 Å². The standard InChI is InChI=1S/C20H15FN4O2S/c1-9-8-22-19(27)17-16(9)12-6-10(2-4-13(12)23-17)18(26)25-20-24-14-5-3-11(21)7-15(14)28-20/h2-7,9,23H,8H2,1H3,(H,22,27)(H,24,25,26). The lowest BCUT2D eigenvalue weighted by Gasteiger charge is -2.19. The Hall–Kier alpha value is -3.26. The topological polar surface area (TPSA) is 86.9 Å². The molecular weight excluding hydrogens is 379 g/mol. The summed E-state index contributed by atoms with van der Waals surface area (Å²) in [4.78, 5) is 32.3. The van der Waals surface area contributed by atoms with Crippen LogP contribution < -0.4 is 10.6 Å². The zero-order valence-corrected chi connectivity index (χ0v) is 15.6. The molecule has 0 spiro atoms. The predicted octanol–water partition coefficient (Wildman–Crippen LogP) is 4.02. The van der Waals surface area contributed by atoms with Gasteiger partial charge in [0, 0.05) is 28.9 Å². The smallest absolute Gasteiger partial charge is 0.268 e. The summed E-state index contributed by atoms with van der Waals surface area (Å²) in [6, 6.07) is 9.62. The molecule has 1 aliphatic heterocycles. The largest absolute Gasteiger partial charge is 0.350 e. The summed E-state index contributed by atoms with van der Waals surface area (Å²) in [6.45, 7) is 2.61. The Morgan fingerprint density at radius 1 is 1.29 bits per heavy atom. The van der Waals surface area contributed by atoms with E-state index in [0.717, 1.165) is 16.5 Å². The van der Waals surface area contributed by atoms with Gasteiger partial charge in [0.25, 0.3) is 11.8 Å². The van der Waals surface area contributed by atoms with Gasteiger partial charge in [0.05, 0.1) is 10.2 Å². The van der Waals surface area contributed by atoms with Gasteiger partial charge in [-0.25, -0.2) is 9.37 Å². The van der Waals surface area contributed by atoms with Gasteiger partial charge < -0.3 is 10.3 Å². The number of H-pyrrole nitrogens is 1. The van der Waals surface area contributed by atoms with Crippen LogP contribution >= 0.6 is 11.3 Å². The molecule has 2 aromatic carbocycles. The normalized spacial score (nSPS) is 16.2. The number of amides is 2. The van der Waals surface area contributed by atoms with Crippen molar-refractivity contribution in [3.8, 4) is 0 Å². The Balaban J connectivity index is 1.50. The van der Waals surface area contributed by atoms with Crippen molar-refractivity contribution in [1.82, 2.24) is 15.3 Å². The zero-order chi connectivity index (χ0) is 19.4. The van der Waals surface area contributed by atoms with Gasteiger partial charge in [-0.05, 0) is 42.0 Å². The number of fused-ring (bicyclic) bond motifs is 4. The number of nitrogens with zero attached hydrogens (tertiary/aromatic N) is 1. The quantitative estimate of drug-likeness (QED) is 0.480. The molecule has 5 rings (SSSR count). The van der Waals surface area contributed by atoms with E-state index in [0.29, 0.717) is 33.2 Å². The molecule has 2 amide bonds. The minimum Gasteiger partial charge on any atom is -0.350 e. The molecule has 1 atom stereocenters. The summed E-state index contributed by atoms with van der Waals surface area (Å²) >= 11 is 1.22. The first-order valence-electron chi connectivity index (χ1n) is 8.81. The van der Waals surface area contributed by atoms with Crippen LogP contribution in [0.1, 0.15) is 39.3 Å². The molecule has 8 heteroatoms. The van der Waals surface area contributed by atoms with Crippen LogP contribution in [0.25, 0.3) is 21.1 Å². The molecular formula is C20H15FN4O2S. The molecule has 0 radical (unpaired) electrons. The highest BCUT2D eigenvalue weighted by Gasteiger charge is 2.27. The summed E-state index contributed by atoms with van der Waals surface area (Å²) in [5, 5.41) is 6.92. The molecule has 0 bridgehead atoms. The lowest BCUT2D eigenvalue weighted by atomic mass is 9.93. The van der Waals surface area contributed by atoms with Crippen molar-refractivity contribution in [2.75, 3.05) is 11.9 Å². The molecule has 1 unspecified atom stereocenters. The number of aromatic amines is 1. The third-order valence-electron chi connectivity index (χ3n) is 4.96. The molecule has 3 heterocycles. The summed E-state index contributed by atoms with van der Waals surface area (Å²) in [7, 11) is 0. The maximum absolute atomic E-state index is 13.3. The molecule has 3 N–H and O–H groups in total. The van der Waals surface area contributed by atoms with Crippen LogP contribution in [-0.4, -0.2) is 28.3 Å². The van der Waals surface area contributed by atoms with Gasteiger partial charge in [0.2, 0.25) is 0 Å². The van der Waals surface area contributed by atoms with Gasteiger partial charge in [-0.3, -0.25) is 14.9 Å². The fraction of sp³-hybridized carbons (Fsp3) is 0.150. The third kappa shape index (κ3) is 2.65. The van der Waals surface area contributed by atoms with E-state index in [9.17, 15) is 14.0 Å². The van der Waals surface area contributed by atoms with E-state index in [-0.39, 0.29) is 23.5 Å². The van der Waals surface area contributed by atoms with Crippen molar-refractivity contribution >= 4 is 49.4 Å². The second-order valence-corrected chi connectivity index (χ2v) is 7.90. The van der Waals surface area contributed by atoms with Crippen LogP contribution in [0, 0.1) is 5.82 Å². The van der Waals surface area contributed by atoms with Crippen molar-refractivity contribution in [3.63, 3.8) is 0 Å². The molecule has 1 aliphatic rings. The molecule has 0 saturated carbocycles. The zero-order valence-electron chi connectivity index (χ0n) is 14.8. The first kappa shape index (κ1) is 16.9. The first-order valence-corrected chi connectivity index (χ1v) is 9.62. The number of thiazole rings is 1. The van der Waals surface area contributed by atoms with Crippen molar-refractivity contribution < 1.29 is 14.0 Å². The fourth-order valence-electron chi connectivity index (χ4n) is 3.60. The van der Waals surface area contributed by atoms with Gasteiger partial charge in [-0.2, -0.15) is 0 Å². The van der Waals surface area contributed by atoms with E-state index in [1.807, 2.05) is 6.92 Å². The lowest BCUT2D eigenvalue weighted by Crippen LogP contribution is -2.33. The molecule has 140 valence electrons. The SMILES string of the molecule is CC1CNC(=O)c2[nH]c3ccc(C(=O)Nc4nc5ccc(F)cc5s4)cc3c21. The van der Waals surface area contributed by atoms with Crippen LogP contribution in [0.5, 0.6) is 0 Å². The molecule has 4 aromatic rings. The monoisotopic (exact) mass is 394 g/mol. The summed E-state index contributed by atoms with van der Waals surface area (Å²) < 4.78 is 14.0. The molecule has 0 aliphatic carbocycles. The van der Waals surface area contributed by atoms with Crippen LogP contribution in [0.3, 0.4) is 0 Å². The van der Waals surface area contributed by atoms with E-state index in [1.165, 1.54) is 23.5 Å². The Bertz CT molecular complexity index is 1280. The highest BCUT2D eigenvalue weighted by molar-refractivity contribution is 7.22. The number of benzene rings is 2. The Morgan fingerprint density at radius 2 is 2.14 bits per heavy atom. The Morgan fingerprint density at radius 3 is 3.00 bits per heavy atom. The predicted molar refractivity (Wildman–Crippen MR) is 107 cm³/mol. The van der Waals surface area contributed by atoms with E-state index in [2.05, 4.69) is 20.6 Å². The van der Waals surface area contributed by atoms with E-state index in [1.54, 1.807) is 24.3 Å². The average molecular weight is 394 g/mol. The van der Waals surface area contributed by atoms with Crippen LogP contribution in [-0.2, 0) is 0 Å². The summed E-state index contributed by atoms with van der Waals surface area (Å²) in [6.07, 6.45) is 0. The van der Waals surface area contributed by atoms with Crippen LogP contribution in [0.4, 0.5) is 9.52 Å². The number of anilines is 1. The van der Waals surface area contributed by atoms with Crippen LogP contribution in [0.15, 0.2) is 36.4 Å². The minimum atomic E-state index is -0.338. The van der Waals surface area contributed by atoms with Crippen molar-refractivity contribution in [2.24, 2.45) is 0 Å². The number of nitrogens with one attached hydrogen (secondary N) is 3. The number of halogens is 1. The first-order chi connectivity index (χ1) is 13.5. The lowest BCUT2D eigenvalue weighted by molar-refractivity contribution is 0.0936. The van der Waals surface area contributed by atoms with E-state index >= 15 is 0 Å². The molecule has 0 saturated heterocycles. The highest BCUT2D eigenvalue weighted by atomic mass is 32.1. The van der Waals surface area contributed by atoms with Gasteiger partial charge in [0.1, 0.15) is 11.5 Å². The molecule has 6 nitrogen and oxygen atoms in total. The van der Waals surface area contributed by atoms with Gasteiger partial charge in [0.15, 0.2) is 5.13 Å². The van der Waals surface area contributed by atoms with Gasteiger partial charge in [-0.15, -0.1) is 0 Å². The Kier molecular flexibility index (Phi) is 3.70. The van der Waals surface area contributed by atoms with Crippen LogP contribution in [0.2, 0.25) is 0 Å². The fourth-order valence-corrected chi connectivity index (χ4v) is 4.49. The molecule has 28 heavy (non-hydrogen) atoms. The van der Waals surface area contributed by atoms with Crippen molar-refractivity contribution in [3.05, 3.63) is 59.0 Å². The second kappa shape index (κ2) is 6.13. The second-order valence-electron chi connectivity index (χ2n) is 6.87. The number of carbonyl (C=O) groups is 2. The van der Waals surface area contributed by atoms with Gasteiger partial charge >= 0.3 is 0 Å². The third-order valence-corrected chi connectivity index (χ3v) is 5.89. The number of hydrogen-bond donors (Lipinski definition) is 3. The summed E-state index contributed by atoms with van der Waals surface area (Å²) in [5.41, 5.74) is 3.42. The number of rotatable bonds is 2. The number of aromatic nitrogens is 2. The Labute approximate surface area is 162 Å². The maximum Gasteiger partial charge on any atom is 0.268 e. The number of hydrogen-bond acceptors (Lipinski definition) is 4. The number of carbonyl (C=O) groups excluding carboxylic acids is 2.